The summed E-state index contributed by atoms with van der Waals surface area (Å²) in [5.41, 5.74) is 0. The number of unbranched alkanes of at least 4 members (excludes halogenated alkanes) is 2. The highest BCUT2D eigenvalue weighted by molar-refractivity contribution is 6.29. The Morgan fingerprint density at radius 3 is 1.25 bits per heavy atom. The van der Waals surface area contributed by atoms with Gasteiger partial charge >= 0.3 is 23.9 Å². The van der Waals surface area contributed by atoms with Crippen LogP contribution in [0.4, 0.5) is 0 Å². The van der Waals surface area contributed by atoms with Crippen LogP contribution in [-0.2, 0) is 28.7 Å². The summed E-state index contributed by atoms with van der Waals surface area (Å²) in [6, 6.07) is 0. The zero-order chi connectivity index (χ0) is 16.0. The minimum Gasteiger partial charge on any atom is -0.473 e. The van der Waals surface area contributed by atoms with Crippen molar-refractivity contribution in [3.05, 3.63) is 0 Å². The van der Waals surface area contributed by atoms with Gasteiger partial charge in [-0.15, -0.1) is 0 Å². The van der Waals surface area contributed by atoms with Crippen LogP contribution in [0, 0.1) is 0 Å². The molecule has 8 heteroatoms. The number of hydrogen-bond donors (Lipinski definition) is 2. The van der Waals surface area contributed by atoms with Crippen molar-refractivity contribution in [2.45, 2.75) is 39.5 Å². The number of esters is 2. The summed E-state index contributed by atoms with van der Waals surface area (Å²) in [4.78, 5) is 40.0. The van der Waals surface area contributed by atoms with Crippen molar-refractivity contribution in [1.29, 1.82) is 0 Å². The minimum absolute atomic E-state index is 0.290. The Morgan fingerprint density at radius 2 is 1.05 bits per heavy atom. The van der Waals surface area contributed by atoms with Gasteiger partial charge in [-0.25, -0.2) is 19.2 Å². The number of rotatable bonds is 6. The first-order valence-electron chi connectivity index (χ1n) is 6.16. The van der Waals surface area contributed by atoms with E-state index in [2.05, 4.69) is 9.47 Å². The van der Waals surface area contributed by atoms with Gasteiger partial charge in [0.1, 0.15) is 0 Å². The average Bonchev–Trinajstić information content (AvgIpc) is 2.39. The standard InChI is InChI=1S/C10H18O4.C2H2O4/c1-3-5-7-13-9(11)10(12)14-8-6-4-2;3-1(4)2(5)6/h3-8H2,1-2H3;(H,3,4)(H,5,6). The average molecular weight is 292 g/mol. The van der Waals surface area contributed by atoms with Crippen molar-refractivity contribution in [2.75, 3.05) is 13.2 Å². The first-order chi connectivity index (χ1) is 9.36. The number of carboxylic acids is 2. The Labute approximate surface area is 116 Å². The molecule has 0 radical (unpaired) electrons. The Bertz CT molecular complexity index is 291. The van der Waals surface area contributed by atoms with Gasteiger partial charge in [-0.1, -0.05) is 26.7 Å². The fraction of sp³-hybridized carbons (Fsp3) is 0.667. The molecule has 0 aliphatic heterocycles. The Morgan fingerprint density at radius 1 is 0.750 bits per heavy atom. The van der Waals surface area contributed by atoms with Crippen LogP contribution in [0.2, 0.25) is 0 Å². The molecule has 0 aromatic carbocycles. The second-order valence-electron chi connectivity index (χ2n) is 3.59. The number of carboxylic acid groups (broad SMARTS) is 2. The lowest BCUT2D eigenvalue weighted by Crippen LogP contribution is -2.21. The van der Waals surface area contributed by atoms with Gasteiger partial charge in [-0.3, -0.25) is 0 Å². The molecule has 116 valence electrons. The van der Waals surface area contributed by atoms with Crippen LogP contribution in [0.25, 0.3) is 0 Å². The van der Waals surface area contributed by atoms with Crippen LogP contribution >= 0.6 is 0 Å². The zero-order valence-corrected chi connectivity index (χ0v) is 11.6. The molecule has 0 amide bonds. The van der Waals surface area contributed by atoms with E-state index in [1.165, 1.54) is 0 Å². The van der Waals surface area contributed by atoms with Gasteiger partial charge in [0.05, 0.1) is 13.2 Å². The molecule has 0 aromatic heterocycles. The van der Waals surface area contributed by atoms with E-state index in [0.29, 0.717) is 0 Å². The number of ether oxygens (including phenoxy) is 2. The van der Waals surface area contributed by atoms with Crippen molar-refractivity contribution >= 4 is 23.9 Å². The molecule has 0 bridgehead atoms. The van der Waals surface area contributed by atoms with E-state index in [1.54, 1.807) is 0 Å². The predicted octanol–water partition coefficient (Wildman–Crippen LogP) is 0.829. The first-order valence-corrected chi connectivity index (χ1v) is 6.16. The van der Waals surface area contributed by atoms with Gasteiger partial charge < -0.3 is 19.7 Å². The third kappa shape index (κ3) is 13.9. The highest BCUT2D eigenvalue weighted by Crippen LogP contribution is 1.93. The van der Waals surface area contributed by atoms with Crippen LogP contribution in [0.3, 0.4) is 0 Å². The van der Waals surface area contributed by atoms with E-state index in [-0.39, 0.29) is 13.2 Å². The van der Waals surface area contributed by atoms with Crippen molar-refractivity contribution in [3.8, 4) is 0 Å². The Kier molecular flexibility index (Phi) is 13.4. The van der Waals surface area contributed by atoms with E-state index in [1.807, 2.05) is 13.8 Å². The van der Waals surface area contributed by atoms with Gasteiger partial charge in [0.15, 0.2) is 0 Å². The van der Waals surface area contributed by atoms with Gasteiger partial charge in [-0.05, 0) is 12.8 Å². The van der Waals surface area contributed by atoms with Crippen LogP contribution in [-0.4, -0.2) is 47.3 Å². The van der Waals surface area contributed by atoms with Gasteiger partial charge in [-0.2, -0.15) is 0 Å². The van der Waals surface area contributed by atoms with E-state index in [9.17, 15) is 9.59 Å². The van der Waals surface area contributed by atoms with Crippen molar-refractivity contribution in [2.24, 2.45) is 0 Å². The smallest absolute Gasteiger partial charge is 0.417 e. The van der Waals surface area contributed by atoms with Crippen molar-refractivity contribution in [3.63, 3.8) is 0 Å². The molecule has 0 aliphatic carbocycles. The van der Waals surface area contributed by atoms with Crippen molar-refractivity contribution in [1.82, 2.24) is 0 Å². The second kappa shape index (κ2) is 13.3. The summed E-state index contributed by atoms with van der Waals surface area (Å²) >= 11 is 0. The van der Waals surface area contributed by atoms with E-state index >= 15 is 0 Å². The molecule has 0 spiro atoms. The van der Waals surface area contributed by atoms with Gasteiger partial charge in [0, 0.05) is 0 Å². The molecular weight excluding hydrogens is 272 g/mol. The zero-order valence-electron chi connectivity index (χ0n) is 11.6. The number of aliphatic carboxylic acids is 2. The number of carbonyl (C=O) groups is 4. The largest absolute Gasteiger partial charge is 0.473 e. The van der Waals surface area contributed by atoms with Crippen LogP contribution in [0.1, 0.15) is 39.5 Å². The molecular formula is C12H20O8. The Balaban J connectivity index is 0. The Hall–Kier alpha value is -2.12. The van der Waals surface area contributed by atoms with Gasteiger partial charge in [0.25, 0.3) is 0 Å². The molecule has 0 fully saturated rings. The molecule has 0 heterocycles. The lowest BCUT2D eigenvalue weighted by Gasteiger charge is -2.03. The second-order valence-corrected chi connectivity index (χ2v) is 3.59. The first kappa shape index (κ1) is 20.2. The molecule has 8 nitrogen and oxygen atoms in total. The molecule has 0 saturated heterocycles. The third-order valence-electron chi connectivity index (χ3n) is 1.81. The van der Waals surface area contributed by atoms with E-state index < -0.39 is 23.9 Å². The molecule has 0 unspecified atom stereocenters. The maximum atomic E-state index is 10.9. The van der Waals surface area contributed by atoms with Crippen LogP contribution in [0.15, 0.2) is 0 Å². The molecule has 0 atom stereocenters. The van der Waals surface area contributed by atoms with E-state index in [0.717, 1.165) is 25.7 Å². The summed E-state index contributed by atoms with van der Waals surface area (Å²) in [5.74, 6) is -5.41. The van der Waals surface area contributed by atoms with Crippen molar-refractivity contribution < 1.29 is 38.9 Å². The normalized spacial score (nSPS) is 8.90. The lowest BCUT2D eigenvalue weighted by molar-refractivity contribution is -0.167. The maximum absolute atomic E-state index is 10.9. The monoisotopic (exact) mass is 292 g/mol. The number of carbonyl (C=O) groups excluding carboxylic acids is 2. The quantitative estimate of drug-likeness (QED) is 0.418. The number of hydrogen-bond acceptors (Lipinski definition) is 6. The van der Waals surface area contributed by atoms with Crippen LogP contribution in [0.5, 0.6) is 0 Å². The molecule has 2 N–H and O–H groups in total. The summed E-state index contributed by atoms with van der Waals surface area (Å²) < 4.78 is 9.32. The fourth-order valence-corrected chi connectivity index (χ4v) is 0.736. The molecule has 0 aromatic rings. The lowest BCUT2D eigenvalue weighted by atomic mass is 10.4. The third-order valence-corrected chi connectivity index (χ3v) is 1.81. The highest BCUT2D eigenvalue weighted by Gasteiger charge is 2.16. The molecule has 20 heavy (non-hydrogen) atoms. The highest BCUT2D eigenvalue weighted by atomic mass is 16.6. The van der Waals surface area contributed by atoms with Gasteiger partial charge in [0.2, 0.25) is 0 Å². The summed E-state index contributed by atoms with van der Waals surface area (Å²) in [6.07, 6.45) is 3.40. The van der Waals surface area contributed by atoms with E-state index in [4.69, 9.17) is 19.8 Å². The summed E-state index contributed by atoms with van der Waals surface area (Å²) in [7, 11) is 0. The summed E-state index contributed by atoms with van der Waals surface area (Å²) in [6.45, 7) is 4.54. The summed E-state index contributed by atoms with van der Waals surface area (Å²) in [5, 5.41) is 14.8. The minimum atomic E-state index is -1.82. The topological polar surface area (TPSA) is 127 Å². The molecule has 0 saturated carbocycles. The van der Waals surface area contributed by atoms with Crippen LogP contribution < -0.4 is 0 Å². The molecule has 0 aliphatic rings. The fourth-order valence-electron chi connectivity index (χ4n) is 0.736. The maximum Gasteiger partial charge on any atom is 0.417 e. The SMILES string of the molecule is CCCCOC(=O)C(=O)OCCCC.O=C(O)C(=O)O. The predicted molar refractivity (Wildman–Crippen MR) is 67.0 cm³/mol. The molecule has 0 rings (SSSR count).